The van der Waals surface area contributed by atoms with E-state index in [1.807, 2.05) is 19.1 Å². The number of para-hydroxylation sites is 1. The number of benzene rings is 2. The maximum absolute atomic E-state index is 14.4. The van der Waals surface area contributed by atoms with Crippen LogP contribution in [0.4, 0.5) is 21.0 Å². The summed E-state index contributed by atoms with van der Waals surface area (Å²) in [6.45, 7) is 3.51. The molecule has 0 aliphatic heterocycles. The number of urea groups is 1. The van der Waals surface area contributed by atoms with Crippen molar-refractivity contribution in [1.29, 1.82) is 0 Å². The van der Waals surface area contributed by atoms with Crippen LogP contribution in [0.2, 0.25) is 0 Å². The molecule has 25 N–H and O–H groups in total. The molecule has 1 aromatic heterocycles. The maximum Gasteiger partial charge on any atom is 0.407 e. The SMILES string of the molecule is Cc1ccccc1NC(=O)Nc1ccc(CC(=O)N[C@@H](CCCCNC(=O)/C=C/c2cccnc2)C(=O)N[C@@H](CCCC(=O)O)C(=O)NC2(C(=O)NCCOCCOCCNC(=O)CCC(=O)NCCOCCOCCNC(=O)CCC(=O)N[C@@H](CCCCNC(=O)CCCCN(N)/C=C(\N)COC(=O)NCCCC(O)(P(=O)(O)O)P(=O)(O)O)C(N)=O)CCCCC2)cc1. The minimum Gasteiger partial charge on any atom is -0.481 e. The lowest BCUT2D eigenvalue weighted by Crippen LogP contribution is -2.63. The van der Waals surface area contributed by atoms with Crippen LogP contribution >= 0.6 is 15.2 Å². The Kier molecular flexibility index (Phi) is 52.5. The van der Waals surface area contributed by atoms with Gasteiger partial charge in [-0.05, 0) is 137 Å². The zero-order valence-electron chi connectivity index (χ0n) is 72.7. The van der Waals surface area contributed by atoms with Gasteiger partial charge in [0.05, 0.1) is 65.0 Å². The minimum absolute atomic E-state index is 0.0194. The van der Waals surface area contributed by atoms with E-state index in [9.17, 15) is 106 Å². The van der Waals surface area contributed by atoms with Gasteiger partial charge in [0.15, 0.2) is 0 Å². The van der Waals surface area contributed by atoms with E-state index in [0.717, 1.165) is 17.5 Å². The third kappa shape index (κ3) is 47.7. The molecule has 0 saturated heterocycles. The largest absolute Gasteiger partial charge is 0.481 e. The van der Waals surface area contributed by atoms with E-state index in [1.165, 1.54) is 17.3 Å². The number of carboxylic acid groups (broad SMARTS) is 1. The number of hydrogen-bond donors (Lipinski definition) is 22. The number of hydrogen-bond acceptors (Lipinski definition) is 26. The number of nitrogens with two attached hydrogens (primary N) is 3. The number of aromatic nitrogens is 1. The Hall–Kier alpha value is -11.1. The van der Waals surface area contributed by atoms with E-state index >= 15 is 0 Å². The molecule has 3 atom stereocenters. The average molecular weight is 1860 g/mol. The number of carbonyl (C=O) groups is 14. The molecule has 0 bridgehead atoms. The number of aliphatic hydroxyl groups is 1. The number of aryl methyl sites for hydroxylation is 1. The normalized spacial score (nSPS) is 13.3. The molecule has 4 rings (SSSR count). The first-order valence-corrected chi connectivity index (χ1v) is 45.9. The van der Waals surface area contributed by atoms with Crippen LogP contribution in [-0.2, 0) is 96.8 Å². The van der Waals surface area contributed by atoms with Crippen molar-refractivity contribution in [3.05, 3.63) is 108 Å². The van der Waals surface area contributed by atoms with Gasteiger partial charge in [0.2, 0.25) is 65.0 Å². The summed E-state index contributed by atoms with van der Waals surface area (Å²) in [7, 11) is -11.3. The van der Waals surface area contributed by atoms with Gasteiger partial charge in [0.25, 0.3) is 5.08 Å². The van der Waals surface area contributed by atoms with Crippen molar-refractivity contribution in [1.82, 2.24) is 68.5 Å². The summed E-state index contributed by atoms with van der Waals surface area (Å²) in [6.07, 6.45) is 9.28. The summed E-state index contributed by atoms with van der Waals surface area (Å²) in [5, 5.41) is 52.1. The number of primary amides is 1. The Labute approximate surface area is 748 Å². The van der Waals surface area contributed by atoms with Crippen LogP contribution in [0.15, 0.2) is 91.0 Å². The number of carboxylic acids is 1. The fourth-order valence-corrected chi connectivity index (χ4v) is 14.9. The van der Waals surface area contributed by atoms with Crippen LogP contribution in [0.25, 0.3) is 6.08 Å². The first kappa shape index (κ1) is 110. The number of carbonyl (C=O) groups excluding carboxylic acids is 13. The van der Waals surface area contributed by atoms with Crippen molar-refractivity contribution in [2.45, 2.75) is 190 Å². The predicted octanol–water partition coefficient (Wildman–Crippen LogP) is 0.622. The number of ether oxygens (including phenoxy) is 5. The Bertz CT molecular complexity index is 4190. The van der Waals surface area contributed by atoms with Gasteiger partial charge < -0.3 is 139 Å². The monoisotopic (exact) mass is 1860 g/mol. The van der Waals surface area contributed by atoms with Gasteiger partial charge in [-0.2, -0.15) is 0 Å². The zero-order valence-corrected chi connectivity index (χ0v) is 74.4. The first-order valence-electron chi connectivity index (χ1n) is 42.7. The minimum atomic E-state index is -5.64. The second-order valence-electron chi connectivity index (χ2n) is 30.3. The van der Waals surface area contributed by atoms with Gasteiger partial charge >= 0.3 is 33.3 Å². The van der Waals surface area contributed by atoms with Crippen LogP contribution in [0.5, 0.6) is 0 Å². The number of amides is 14. The van der Waals surface area contributed by atoms with E-state index in [0.29, 0.717) is 68.3 Å². The molecule has 1 aliphatic rings. The molecular formula is C82H128N18O27P2. The van der Waals surface area contributed by atoms with Gasteiger partial charge in [-0.25, -0.2) is 15.4 Å². The molecule has 718 valence electrons. The number of aliphatic carboxylic acids is 1. The number of alkyl carbamates (subject to hydrolysis) is 1. The molecule has 0 unspecified atom stereocenters. The third-order valence-corrected chi connectivity index (χ3v) is 23.6. The highest BCUT2D eigenvalue weighted by Crippen LogP contribution is 2.69. The summed E-state index contributed by atoms with van der Waals surface area (Å²) in [5.74, 6) is -0.795. The van der Waals surface area contributed by atoms with Gasteiger partial charge in [0.1, 0.15) is 30.3 Å². The molecular weight excluding hydrogens is 1730 g/mol. The zero-order chi connectivity index (χ0) is 94.9. The lowest BCUT2D eigenvalue weighted by atomic mass is 9.80. The number of unbranched alkanes of at least 4 members (excludes halogenated alkanes) is 3. The molecule has 14 amide bonds. The Morgan fingerprint density at radius 3 is 1.64 bits per heavy atom. The number of rotatable bonds is 66. The highest BCUT2D eigenvalue weighted by Gasteiger charge is 2.58. The van der Waals surface area contributed by atoms with Crippen molar-refractivity contribution in [2.75, 3.05) is 122 Å². The number of anilines is 2. The lowest BCUT2D eigenvalue weighted by Gasteiger charge is -2.38. The predicted molar refractivity (Wildman–Crippen MR) is 470 cm³/mol. The maximum atomic E-state index is 14.4. The van der Waals surface area contributed by atoms with Crippen LogP contribution in [-0.4, -0.2) is 263 Å². The first-order chi connectivity index (χ1) is 61.5. The molecule has 1 fully saturated rings. The second kappa shape index (κ2) is 61.4. The summed E-state index contributed by atoms with van der Waals surface area (Å²) in [6, 6.07) is 13.4. The van der Waals surface area contributed by atoms with Crippen LogP contribution in [0.3, 0.4) is 0 Å². The van der Waals surface area contributed by atoms with E-state index in [4.69, 9.17) is 41.0 Å². The molecule has 1 heterocycles. The van der Waals surface area contributed by atoms with Crippen LogP contribution in [0.1, 0.15) is 164 Å². The number of hydrazine groups is 1. The van der Waals surface area contributed by atoms with Gasteiger partial charge in [0, 0.05) is 133 Å². The van der Waals surface area contributed by atoms with Crippen LogP contribution < -0.4 is 86.4 Å². The Morgan fingerprint density at radius 2 is 1.07 bits per heavy atom. The Balaban J connectivity index is 1.03. The molecule has 1 saturated carbocycles. The van der Waals surface area contributed by atoms with E-state index < -0.39 is 123 Å². The van der Waals surface area contributed by atoms with Crippen molar-refractivity contribution < 1.29 is 130 Å². The average Bonchev–Trinajstić information content (AvgIpc) is 0.594. The van der Waals surface area contributed by atoms with E-state index in [2.05, 4.69) is 74.1 Å². The quantitative estimate of drug-likeness (QED) is 0.0121. The molecule has 0 spiro atoms. The van der Waals surface area contributed by atoms with Crippen molar-refractivity contribution in [3.63, 3.8) is 0 Å². The van der Waals surface area contributed by atoms with Crippen molar-refractivity contribution in [3.8, 4) is 0 Å². The summed E-state index contributed by atoms with van der Waals surface area (Å²) in [5.41, 5.74) is 13.2. The fourth-order valence-electron chi connectivity index (χ4n) is 12.6. The Morgan fingerprint density at radius 1 is 0.543 bits per heavy atom. The standard InChI is InChI=1S/C82H128N18O27P2/c1-58-16-3-4-18-63(58)98-79(114)94-62-27-24-59(25-28-62)54-73(107)96-65(20-6-11-39-88-68(102)29-26-60-17-14-37-86-55-60)76(111)97-66(21-13-23-74(108)109)77(112)99-81(34-8-2-9-35-81)78(113)92-44-49-126-53-52-125-47-42-90-70(104)31-30-69(103)89-41-46-123-50-51-124-48-43-91-71(105)32-33-72(106)95-64(75(84)110)19-5-10-38-87-67(101)22-7-12-45-100(85)56-61(83)57-127-80(115)93-40-15-36-82(116,128(117,118)119)129(120,121)122/h3-4,14,16-18,24-29,37,55-56,64-66,116H,2,5-13,15,19-23,30-36,38-54,57,83,85H2,1H3,(H2,84,110)(H,87,101)(H,88,102)(H,89,103)(H,90,104)(H,91,105)(H,92,113)(H,93,115)(H,95,106)(H,96,107)(H,97,111)(H,99,112)(H,108,109)(H2,94,98,114)(H2,117,118,119)(H2,120,121,122)/b29-26+,61-56-/t64-,65-,66-/m0/s1. The van der Waals surface area contributed by atoms with E-state index in [-0.39, 0.29) is 218 Å². The van der Waals surface area contributed by atoms with Gasteiger partial charge in [-0.3, -0.25) is 71.6 Å². The molecule has 1 aliphatic carbocycles. The summed E-state index contributed by atoms with van der Waals surface area (Å²) >= 11 is 0. The van der Waals surface area contributed by atoms with Crippen molar-refractivity contribution >= 4 is 116 Å². The summed E-state index contributed by atoms with van der Waals surface area (Å²) in [4.78, 5) is 221. The van der Waals surface area contributed by atoms with Gasteiger partial charge in [-0.15, -0.1) is 0 Å². The van der Waals surface area contributed by atoms with E-state index in [1.54, 1.807) is 67.0 Å². The topological polar surface area (TPSA) is 691 Å². The smallest absolute Gasteiger partial charge is 0.407 e. The number of pyridine rings is 1. The molecule has 3 aromatic rings. The van der Waals surface area contributed by atoms with Crippen molar-refractivity contribution in [2.24, 2.45) is 17.3 Å². The molecule has 0 radical (unpaired) electrons. The molecule has 47 heteroatoms. The number of nitrogens with zero attached hydrogens (tertiary/aromatic N) is 2. The third-order valence-electron chi connectivity index (χ3n) is 19.7. The number of nitrogens with one attached hydrogen (secondary N) is 13. The van der Waals surface area contributed by atoms with Crippen LogP contribution in [0, 0.1) is 6.92 Å². The highest BCUT2D eigenvalue weighted by molar-refractivity contribution is 7.72. The lowest BCUT2D eigenvalue weighted by molar-refractivity contribution is -0.138. The molecule has 2 aromatic carbocycles. The second-order valence-corrected chi connectivity index (χ2v) is 34.3. The highest BCUT2D eigenvalue weighted by atomic mass is 31.2. The van der Waals surface area contributed by atoms with Gasteiger partial charge in [-0.1, -0.05) is 55.7 Å². The molecule has 45 nitrogen and oxygen atoms in total. The fraction of sp³-hybridized carbons (Fsp3) is 0.573. The molecule has 129 heavy (non-hydrogen) atoms. The summed E-state index contributed by atoms with van der Waals surface area (Å²) < 4.78 is 49.9.